The Morgan fingerprint density at radius 2 is 1.76 bits per heavy atom. The van der Waals surface area contributed by atoms with Crippen LogP contribution in [0.1, 0.15) is 0 Å². The molecule has 2 aromatic carbocycles. The molecule has 0 aromatic heterocycles. The fourth-order valence-electron chi connectivity index (χ4n) is 2.90. The Balaban J connectivity index is 1.72. The first-order valence-corrected chi connectivity index (χ1v) is 7.87. The summed E-state index contributed by atoms with van der Waals surface area (Å²) < 4.78 is 5.01. The molecule has 5 atom stereocenters. The number of aliphatic hydroxyl groups excluding tert-OH is 4. The summed E-state index contributed by atoms with van der Waals surface area (Å²) in [6, 6.07) is 11.0. The Kier molecular flexibility index (Phi) is 5.16. The standard InChI is InChI=1S/C17H20N2O6/c20-8-12-14(21)15(22)13(16(23)25-12)19-17(24)18-11-7-3-5-9-4-1-2-6-10(9)11/h1-7,12-16,20-23H,8H2,(H2,18,19,24)/t12-,13-,14-,15-,16?/m1/s1. The first-order chi connectivity index (χ1) is 12.0. The maximum atomic E-state index is 12.2. The minimum Gasteiger partial charge on any atom is -0.394 e. The summed E-state index contributed by atoms with van der Waals surface area (Å²) in [5.41, 5.74) is 0.560. The van der Waals surface area contributed by atoms with E-state index in [-0.39, 0.29) is 0 Å². The zero-order valence-electron chi connectivity index (χ0n) is 13.2. The van der Waals surface area contributed by atoms with Gasteiger partial charge in [-0.2, -0.15) is 0 Å². The third-order valence-corrected chi connectivity index (χ3v) is 4.24. The summed E-state index contributed by atoms with van der Waals surface area (Å²) in [6.07, 6.45) is -5.60. The van der Waals surface area contributed by atoms with Gasteiger partial charge in [-0.1, -0.05) is 36.4 Å². The van der Waals surface area contributed by atoms with Crippen LogP contribution in [-0.4, -0.2) is 63.7 Å². The van der Waals surface area contributed by atoms with Crippen LogP contribution in [0, 0.1) is 0 Å². The van der Waals surface area contributed by atoms with Crippen molar-refractivity contribution < 1.29 is 30.0 Å². The summed E-state index contributed by atoms with van der Waals surface area (Å²) in [5.74, 6) is 0. The van der Waals surface area contributed by atoms with Crippen LogP contribution >= 0.6 is 0 Å². The normalized spacial score (nSPS) is 29.4. The van der Waals surface area contributed by atoms with Crippen LogP contribution in [0.5, 0.6) is 0 Å². The van der Waals surface area contributed by atoms with E-state index in [1.54, 1.807) is 12.1 Å². The van der Waals surface area contributed by atoms with E-state index in [0.717, 1.165) is 10.8 Å². The highest BCUT2D eigenvalue weighted by atomic mass is 16.6. The molecule has 1 saturated heterocycles. The second kappa shape index (κ2) is 7.34. The Bertz CT molecular complexity index is 750. The third kappa shape index (κ3) is 3.58. The fraction of sp³-hybridized carbons (Fsp3) is 0.353. The van der Waals surface area contributed by atoms with Gasteiger partial charge in [-0.15, -0.1) is 0 Å². The minimum absolute atomic E-state index is 0.560. The average molecular weight is 348 g/mol. The molecule has 25 heavy (non-hydrogen) atoms. The summed E-state index contributed by atoms with van der Waals surface area (Å²) in [5, 5.41) is 45.7. The molecule has 1 heterocycles. The second-order valence-electron chi connectivity index (χ2n) is 5.88. The molecule has 1 fully saturated rings. The number of benzene rings is 2. The van der Waals surface area contributed by atoms with Gasteiger partial charge in [0.2, 0.25) is 0 Å². The summed E-state index contributed by atoms with van der Waals surface area (Å²) in [4.78, 5) is 12.2. The molecule has 8 heteroatoms. The van der Waals surface area contributed by atoms with Crippen molar-refractivity contribution in [2.24, 2.45) is 0 Å². The van der Waals surface area contributed by atoms with Gasteiger partial charge in [-0.25, -0.2) is 4.79 Å². The van der Waals surface area contributed by atoms with Gasteiger partial charge in [-0.05, 0) is 11.5 Å². The number of hydrogen-bond donors (Lipinski definition) is 6. The molecule has 2 amide bonds. The minimum atomic E-state index is -1.56. The number of fused-ring (bicyclic) bond motifs is 1. The number of rotatable bonds is 3. The first-order valence-electron chi connectivity index (χ1n) is 7.87. The lowest BCUT2D eigenvalue weighted by Crippen LogP contribution is -2.64. The van der Waals surface area contributed by atoms with E-state index in [1.807, 2.05) is 30.3 Å². The number of hydrogen-bond acceptors (Lipinski definition) is 6. The van der Waals surface area contributed by atoms with E-state index in [0.29, 0.717) is 5.69 Å². The van der Waals surface area contributed by atoms with Crippen molar-refractivity contribution in [1.82, 2.24) is 5.32 Å². The topological polar surface area (TPSA) is 131 Å². The van der Waals surface area contributed by atoms with Crippen molar-refractivity contribution in [1.29, 1.82) is 0 Å². The number of aliphatic hydroxyl groups is 4. The number of urea groups is 1. The fourth-order valence-corrected chi connectivity index (χ4v) is 2.90. The molecule has 0 radical (unpaired) electrons. The van der Waals surface area contributed by atoms with Gasteiger partial charge in [0.1, 0.15) is 24.4 Å². The van der Waals surface area contributed by atoms with E-state index in [1.165, 1.54) is 0 Å². The number of anilines is 1. The molecule has 0 bridgehead atoms. The molecule has 1 unspecified atom stereocenters. The Morgan fingerprint density at radius 3 is 2.52 bits per heavy atom. The van der Waals surface area contributed by atoms with Crippen LogP contribution in [0.2, 0.25) is 0 Å². The van der Waals surface area contributed by atoms with Crippen LogP contribution in [0.15, 0.2) is 42.5 Å². The third-order valence-electron chi connectivity index (χ3n) is 4.24. The van der Waals surface area contributed by atoms with E-state index in [4.69, 9.17) is 9.84 Å². The predicted molar refractivity (Wildman–Crippen MR) is 89.9 cm³/mol. The lowest BCUT2D eigenvalue weighted by Gasteiger charge is -2.40. The van der Waals surface area contributed by atoms with Crippen molar-refractivity contribution in [2.45, 2.75) is 30.6 Å². The van der Waals surface area contributed by atoms with Gasteiger partial charge < -0.3 is 35.8 Å². The number of nitrogens with one attached hydrogen (secondary N) is 2. The highest BCUT2D eigenvalue weighted by Crippen LogP contribution is 2.23. The van der Waals surface area contributed by atoms with Gasteiger partial charge in [0.25, 0.3) is 0 Å². The van der Waals surface area contributed by atoms with Crippen molar-refractivity contribution >= 4 is 22.5 Å². The molecule has 0 spiro atoms. The molecule has 1 aliphatic rings. The van der Waals surface area contributed by atoms with E-state index in [9.17, 15) is 20.1 Å². The summed E-state index contributed by atoms with van der Waals surface area (Å²) in [7, 11) is 0. The lowest BCUT2D eigenvalue weighted by atomic mass is 9.97. The zero-order chi connectivity index (χ0) is 18.0. The van der Waals surface area contributed by atoms with Crippen LogP contribution in [0.3, 0.4) is 0 Å². The molecule has 8 nitrogen and oxygen atoms in total. The molecule has 0 saturated carbocycles. The van der Waals surface area contributed by atoms with Crippen molar-refractivity contribution in [3.8, 4) is 0 Å². The maximum Gasteiger partial charge on any atom is 0.319 e. The largest absolute Gasteiger partial charge is 0.394 e. The van der Waals surface area contributed by atoms with Crippen LogP contribution in [0.4, 0.5) is 10.5 Å². The Morgan fingerprint density at radius 1 is 1.04 bits per heavy atom. The summed E-state index contributed by atoms with van der Waals surface area (Å²) in [6.45, 7) is -0.565. The quantitative estimate of drug-likeness (QED) is 0.454. The molecule has 3 rings (SSSR count). The second-order valence-corrected chi connectivity index (χ2v) is 5.88. The van der Waals surface area contributed by atoms with Crippen molar-refractivity contribution in [3.05, 3.63) is 42.5 Å². The highest BCUT2D eigenvalue weighted by Gasteiger charge is 2.44. The SMILES string of the molecule is O=C(Nc1cccc2ccccc12)N[C@H]1C(O)O[C@H](CO)[C@@H](O)[C@@H]1O. The monoisotopic (exact) mass is 348 g/mol. The van der Waals surface area contributed by atoms with Crippen LogP contribution < -0.4 is 10.6 Å². The molecule has 1 aliphatic heterocycles. The van der Waals surface area contributed by atoms with Gasteiger partial charge in [0.15, 0.2) is 6.29 Å². The van der Waals surface area contributed by atoms with Gasteiger partial charge in [0, 0.05) is 5.39 Å². The Hall–Kier alpha value is -2.23. The highest BCUT2D eigenvalue weighted by molar-refractivity contribution is 6.01. The van der Waals surface area contributed by atoms with E-state index in [2.05, 4.69) is 10.6 Å². The molecular formula is C17H20N2O6. The molecule has 6 N–H and O–H groups in total. The van der Waals surface area contributed by atoms with E-state index >= 15 is 0 Å². The number of carbonyl (C=O) groups is 1. The zero-order valence-corrected chi connectivity index (χ0v) is 13.2. The lowest BCUT2D eigenvalue weighted by molar-refractivity contribution is -0.252. The van der Waals surface area contributed by atoms with Crippen molar-refractivity contribution in [2.75, 3.05) is 11.9 Å². The van der Waals surface area contributed by atoms with Gasteiger partial charge >= 0.3 is 6.03 Å². The molecule has 0 aliphatic carbocycles. The molecular weight excluding hydrogens is 328 g/mol. The van der Waals surface area contributed by atoms with E-state index < -0.39 is 43.3 Å². The van der Waals surface area contributed by atoms with Crippen molar-refractivity contribution in [3.63, 3.8) is 0 Å². The molecule has 134 valence electrons. The number of ether oxygens (including phenoxy) is 1. The number of amides is 2. The Labute approximate surface area is 143 Å². The summed E-state index contributed by atoms with van der Waals surface area (Å²) >= 11 is 0. The maximum absolute atomic E-state index is 12.2. The predicted octanol–water partition coefficient (Wildman–Crippen LogP) is -0.239. The van der Waals surface area contributed by atoms with Crippen LogP contribution in [-0.2, 0) is 4.74 Å². The van der Waals surface area contributed by atoms with Crippen LogP contribution in [0.25, 0.3) is 10.8 Å². The smallest absolute Gasteiger partial charge is 0.319 e. The first kappa shape index (κ1) is 17.6. The van der Waals surface area contributed by atoms with Gasteiger partial charge in [0.05, 0.1) is 12.3 Å². The number of carbonyl (C=O) groups excluding carboxylic acids is 1. The molecule has 2 aromatic rings. The average Bonchev–Trinajstić information content (AvgIpc) is 2.62. The van der Waals surface area contributed by atoms with Gasteiger partial charge in [-0.3, -0.25) is 0 Å².